The number of carbonyl (C=O) groups is 2. The van der Waals surface area contributed by atoms with Crippen molar-refractivity contribution in [1.82, 2.24) is 14.7 Å². The monoisotopic (exact) mass is 293 g/mol. The minimum Gasteiger partial charge on any atom is -0.476 e. The molecule has 2 rings (SSSR count). The molecule has 7 heteroatoms. The van der Waals surface area contributed by atoms with E-state index >= 15 is 0 Å². The first-order chi connectivity index (χ1) is 10.0. The summed E-state index contributed by atoms with van der Waals surface area (Å²) >= 11 is 0. The first kappa shape index (κ1) is 15.2. The fraction of sp³-hybridized carbons (Fsp3) is 0.571. The molecule has 1 atom stereocenters. The highest BCUT2D eigenvalue weighted by molar-refractivity contribution is 5.85. The second-order valence-corrected chi connectivity index (χ2v) is 5.22. The number of nitrogens with zero attached hydrogens (tertiary/aromatic N) is 3. The van der Waals surface area contributed by atoms with Gasteiger partial charge in [0.05, 0.1) is 0 Å². The lowest BCUT2D eigenvalue weighted by atomic mass is 10.2. The summed E-state index contributed by atoms with van der Waals surface area (Å²) in [5.41, 5.74) is -0.721. The highest BCUT2D eigenvalue weighted by atomic mass is 16.4. The normalized spacial score (nSPS) is 17.1. The van der Waals surface area contributed by atoms with Gasteiger partial charge in [-0.25, -0.2) is 9.48 Å². The maximum atomic E-state index is 12.5. The molecule has 2 heterocycles. The number of carbonyl (C=O) groups excluding carboxylic acids is 1. The van der Waals surface area contributed by atoms with Crippen molar-refractivity contribution in [3.8, 4) is 0 Å². The van der Waals surface area contributed by atoms with Gasteiger partial charge in [0.15, 0.2) is 5.69 Å². The molecule has 1 N–H and O–H groups in total. The summed E-state index contributed by atoms with van der Waals surface area (Å²) in [7, 11) is 0. The number of aromatic nitrogens is 2. The molecule has 0 saturated carbocycles. The Labute approximate surface area is 122 Å². The molecule has 0 spiro atoms. The maximum absolute atomic E-state index is 12.5. The number of likely N-dealkylation sites (tertiary alicyclic amines) is 1. The Bertz CT molecular complexity index is 588. The zero-order chi connectivity index (χ0) is 15.4. The predicted octanol–water partition coefficient (Wildman–Crippen LogP) is 0.905. The quantitative estimate of drug-likeness (QED) is 0.894. The minimum atomic E-state index is -1.22. The summed E-state index contributed by atoms with van der Waals surface area (Å²) in [4.78, 5) is 37.0. The number of carboxylic acid groups (broad SMARTS) is 1. The molecule has 21 heavy (non-hydrogen) atoms. The van der Waals surface area contributed by atoms with Gasteiger partial charge in [-0.05, 0) is 25.8 Å². The standard InChI is InChI=1S/C14H19N3O4/c1-10(13(19)16-8-4-2-3-5-9-16)17-12(18)7-6-11(15-17)14(20)21/h6-7,10H,2-5,8-9H2,1H3,(H,20,21). The molecular formula is C14H19N3O4. The molecule has 7 nitrogen and oxygen atoms in total. The first-order valence-corrected chi connectivity index (χ1v) is 7.12. The summed E-state index contributed by atoms with van der Waals surface area (Å²) in [5, 5.41) is 12.7. The fourth-order valence-corrected chi connectivity index (χ4v) is 2.48. The van der Waals surface area contributed by atoms with Crippen LogP contribution in [0.25, 0.3) is 0 Å². The van der Waals surface area contributed by atoms with Crippen LogP contribution in [0, 0.1) is 0 Å². The van der Waals surface area contributed by atoms with E-state index in [1.54, 1.807) is 11.8 Å². The third-order valence-corrected chi connectivity index (χ3v) is 3.69. The molecule has 1 aliphatic rings. The van der Waals surface area contributed by atoms with Crippen LogP contribution >= 0.6 is 0 Å². The molecule has 0 aromatic carbocycles. The van der Waals surface area contributed by atoms with Gasteiger partial charge in [-0.15, -0.1) is 0 Å². The van der Waals surface area contributed by atoms with Gasteiger partial charge in [0, 0.05) is 19.2 Å². The number of amides is 1. The molecule has 1 unspecified atom stereocenters. The molecule has 1 aliphatic heterocycles. The van der Waals surface area contributed by atoms with Gasteiger partial charge >= 0.3 is 5.97 Å². The van der Waals surface area contributed by atoms with Crippen LogP contribution < -0.4 is 5.56 Å². The van der Waals surface area contributed by atoms with E-state index < -0.39 is 17.6 Å². The van der Waals surface area contributed by atoms with E-state index in [1.165, 1.54) is 0 Å². The van der Waals surface area contributed by atoms with Crippen LogP contribution in [0.1, 0.15) is 49.1 Å². The minimum absolute atomic E-state index is 0.186. The van der Waals surface area contributed by atoms with Crippen LogP contribution in [0.4, 0.5) is 0 Å². The Morgan fingerprint density at radius 3 is 2.38 bits per heavy atom. The summed E-state index contributed by atoms with van der Waals surface area (Å²) in [6.45, 7) is 2.93. The molecular weight excluding hydrogens is 274 g/mol. The van der Waals surface area contributed by atoms with Crippen molar-refractivity contribution < 1.29 is 14.7 Å². The number of carboxylic acids is 1. The molecule has 1 amide bonds. The van der Waals surface area contributed by atoms with Crippen molar-refractivity contribution in [1.29, 1.82) is 0 Å². The van der Waals surface area contributed by atoms with Gasteiger partial charge in [-0.3, -0.25) is 9.59 Å². The van der Waals surface area contributed by atoms with Gasteiger partial charge in [0.1, 0.15) is 6.04 Å². The lowest BCUT2D eigenvalue weighted by Crippen LogP contribution is -2.40. The lowest BCUT2D eigenvalue weighted by molar-refractivity contribution is -0.134. The lowest BCUT2D eigenvalue weighted by Gasteiger charge is -2.24. The van der Waals surface area contributed by atoms with Crippen LogP contribution in [-0.2, 0) is 4.79 Å². The zero-order valence-electron chi connectivity index (χ0n) is 12.0. The van der Waals surface area contributed by atoms with Crippen molar-refractivity contribution in [2.45, 2.75) is 38.6 Å². The predicted molar refractivity (Wildman–Crippen MR) is 75.2 cm³/mol. The molecule has 1 aromatic rings. The summed E-state index contributed by atoms with van der Waals surface area (Å²) < 4.78 is 0.955. The molecule has 1 saturated heterocycles. The van der Waals surface area contributed by atoms with E-state index in [0.29, 0.717) is 13.1 Å². The largest absolute Gasteiger partial charge is 0.476 e. The number of hydrogen-bond acceptors (Lipinski definition) is 4. The maximum Gasteiger partial charge on any atom is 0.356 e. The van der Waals surface area contributed by atoms with E-state index in [2.05, 4.69) is 5.10 Å². The summed E-state index contributed by atoms with van der Waals surface area (Å²) in [6.07, 6.45) is 4.11. The third kappa shape index (κ3) is 3.48. The molecule has 114 valence electrons. The van der Waals surface area contributed by atoms with Gasteiger partial charge in [-0.2, -0.15) is 5.10 Å². The Morgan fingerprint density at radius 2 is 1.81 bits per heavy atom. The summed E-state index contributed by atoms with van der Waals surface area (Å²) in [6, 6.07) is 1.47. The van der Waals surface area contributed by atoms with E-state index in [9.17, 15) is 14.4 Å². The Balaban J connectivity index is 2.24. The van der Waals surface area contributed by atoms with Crippen LogP contribution in [0.3, 0.4) is 0 Å². The number of hydrogen-bond donors (Lipinski definition) is 1. The highest BCUT2D eigenvalue weighted by Crippen LogP contribution is 2.14. The van der Waals surface area contributed by atoms with Crippen molar-refractivity contribution in [2.24, 2.45) is 0 Å². The zero-order valence-corrected chi connectivity index (χ0v) is 12.0. The van der Waals surface area contributed by atoms with E-state index in [0.717, 1.165) is 42.5 Å². The molecule has 1 aromatic heterocycles. The van der Waals surface area contributed by atoms with Crippen molar-refractivity contribution in [3.05, 3.63) is 28.2 Å². The van der Waals surface area contributed by atoms with Crippen molar-refractivity contribution in [2.75, 3.05) is 13.1 Å². The number of rotatable bonds is 3. The SMILES string of the molecule is CC(C(=O)N1CCCCCC1)n1nc(C(=O)O)ccc1=O. The van der Waals surface area contributed by atoms with Crippen LogP contribution in [0.2, 0.25) is 0 Å². The molecule has 0 radical (unpaired) electrons. The average molecular weight is 293 g/mol. The Hall–Kier alpha value is -2.18. The highest BCUT2D eigenvalue weighted by Gasteiger charge is 2.24. The van der Waals surface area contributed by atoms with E-state index in [4.69, 9.17) is 5.11 Å². The smallest absolute Gasteiger partial charge is 0.356 e. The Morgan fingerprint density at radius 1 is 1.19 bits per heavy atom. The van der Waals surface area contributed by atoms with Gasteiger partial charge in [0.2, 0.25) is 5.91 Å². The van der Waals surface area contributed by atoms with Gasteiger partial charge < -0.3 is 10.0 Å². The van der Waals surface area contributed by atoms with Crippen LogP contribution in [0.5, 0.6) is 0 Å². The second-order valence-electron chi connectivity index (χ2n) is 5.22. The van der Waals surface area contributed by atoms with E-state index in [-0.39, 0.29) is 11.6 Å². The molecule has 1 fully saturated rings. The van der Waals surface area contributed by atoms with Crippen molar-refractivity contribution in [3.63, 3.8) is 0 Å². The number of aromatic carboxylic acids is 1. The van der Waals surface area contributed by atoms with Crippen LogP contribution in [-0.4, -0.2) is 44.8 Å². The van der Waals surface area contributed by atoms with Gasteiger partial charge in [0.25, 0.3) is 5.56 Å². The second kappa shape index (κ2) is 6.51. The van der Waals surface area contributed by atoms with Gasteiger partial charge in [-0.1, -0.05) is 12.8 Å². The topological polar surface area (TPSA) is 92.5 Å². The molecule has 0 bridgehead atoms. The average Bonchev–Trinajstić information content (AvgIpc) is 2.75. The molecule has 0 aliphatic carbocycles. The van der Waals surface area contributed by atoms with Crippen molar-refractivity contribution >= 4 is 11.9 Å². The Kier molecular flexibility index (Phi) is 4.72. The fourth-order valence-electron chi connectivity index (χ4n) is 2.48. The van der Waals surface area contributed by atoms with Crippen LogP contribution in [0.15, 0.2) is 16.9 Å². The van der Waals surface area contributed by atoms with E-state index in [1.807, 2.05) is 0 Å². The first-order valence-electron chi connectivity index (χ1n) is 7.12. The summed E-state index contributed by atoms with van der Waals surface area (Å²) in [5.74, 6) is -1.41. The third-order valence-electron chi connectivity index (χ3n) is 3.69.